The summed E-state index contributed by atoms with van der Waals surface area (Å²) in [6, 6.07) is 24.4. The van der Waals surface area contributed by atoms with E-state index in [9.17, 15) is 4.79 Å². The fourth-order valence-corrected chi connectivity index (χ4v) is 4.53. The molecule has 0 fully saturated rings. The predicted octanol–water partition coefficient (Wildman–Crippen LogP) is 4.93. The van der Waals surface area contributed by atoms with Gasteiger partial charge in [-0.1, -0.05) is 58.6 Å². The summed E-state index contributed by atoms with van der Waals surface area (Å²) in [6.07, 6.45) is 0. The average Bonchev–Trinajstić information content (AvgIpc) is 3.28. The smallest absolute Gasteiger partial charge is 0.278 e. The third kappa shape index (κ3) is 4.61. The maximum Gasteiger partial charge on any atom is 0.278 e. The zero-order valence-corrected chi connectivity index (χ0v) is 18.2. The van der Waals surface area contributed by atoms with Crippen LogP contribution in [-0.4, -0.2) is 25.2 Å². The molecule has 0 radical (unpaired) electrons. The van der Waals surface area contributed by atoms with Gasteiger partial charge in [0.25, 0.3) is 5.56 Å². The van der Waals surface area contributed by atoms with Crippen molar-refractivity contribution in [1.82, 2.24) is 25.2 Å². The first kappa shape index (κ1) is 20.2. The monoisotopic (exact) mass is 460 g/mol. The summed E-state index contributed by atoms with van der Waals surface area (Å²) in [5.41, 5.74) is 1.28. The Morgan fingerprint density at radius 2 is 1.62 bits per heavy atom. The van der Waals surface area contributed by atoms with Gasteiger partial charge < -0.3 is 10.1 Å². The van der Waals surface area contributed by atoms with Crippen molar-refractivity contribution in [2.75, 3.05) is 5.32 Å². The number of ether oxygens (including phenoxy) is 1. The molecule has 0 atom stereocenters. The summed E-state index contributed by atoms with van der Waals surface area (Å²) in [5, 5.41) is 20.9. The van der Waals surface area contributed by atoms with Gasteiger partial charge in [-0.2, -0.15) is 4.68 Å². The first-order chi connectivity index (χ1) is 15.7. The summed E-state index contributed by atoms with van der Waals surface area (Å²) in [7, 11) is 0. The topological polar surface area (TPSA) is 94.8 Å². The molecule has 5 aromatic rings. The van der Waals surface area contributed by atoms with E-state index in [4.69, 9.17) is 4.74 Å². The van der Waals surface area contributed by atoms with Crippen LogP contribution in [0.2, 0.25) is 0 Å². The molecule has 0 aliphatic heterocycles. The molecule has 0 aliphatic rings. The van der Waals surface area contributed by atoms with Crippen LogP contribution in [0.15, 0.2) is 88.0 Å². The molecule has 1 N–H and O–H groups in total. The largest absolute Gasteiger partial charge is 0.457 e. The molecule has 0 spiro atoms. The predicted molar refractivity (Wildman–Crippen MR) is 126 cm³/mol. The molecule has 0 aliphatic carbocycles. The zero-order valence-electron chi connectivity index (χ0n) is 16.6. The SMILES string of the molecule is O=c1c2ccccc2nnn1CSc1nnc(Nc2ccc(Oc3ccccc3)cc2)s1. The molecule has 0 amide bonds. The number of fused-ring (bicyclic) bond motifs is 1. The molecule has 0 saturated carbocycles. The van der Waals surface area contributed by atoms with Crippen molar-refractivity contribution in [1.29, 1.82) is 0 Å². The lowest BCUT2D eigenvalue weighted by molar-refractivity contribution is 0.483. The van der Waals surface area contributed by atoms with Gasteiger partial charge in [0.05, 0.1) is 11.3 Å². The van der Waals surface area contributed by atoms with Crippen LogP contribution >= 0.6 is 23.1 Å². The van der Waals surface area contributed by atoms with Crippen LogP contribution in [0.1, 0.15) is 0 Å². The van der Waals surface area contributed by atoms with Gasteiger partial charge in [-0.05, 0) is 48.5 Å². The number of thioether (sulfide) groups is 1. The van der Waals surface area contributed by atoms with Crippen molar-refractivity contribution in [2.45, 2.75) is 10.2 Å². The standard InChI is InChI=1S/C22H16N6O2S2/c29-20-18-8-4-5-9-19(18)24-27-28(20)14-31-22-26-25-21(32-22)23-15-10-12-17(13-11-15)30-16-6-2-1-3-7-16/h1-13H,14H2,(H,23,25). The summed E-state index contributed by atoms with van der Waals surface area (Å²) >= 11 is 2.77. The zero-order chi connectivity index (χ0) is 21.8. The van der Waals surface area contributed by atoms with Crippen molar-refractivity contribution < 1.29 is 4.74 Å². The maximum absolute atomic E-state index is 12.5. The van der Waals surface area contributed by atoms with Gasteiger partial charge in [0.1, 0.15) is 17.0 Å². The number of hydrogen-bond donors (Lipinski definition) is 1. The Hall–Kier alpha value is -3.76. The maximum atomic E-state index is 12.5. The van der Waals surface area contributed by atoms with Crippen LogP contribution in [0, 0.1) is 0 Å². The van der Waals surface area contributed by atoms with Gasteiger partial charge in [0, 0.05) is 5.69 Å². The molecule has 158 valence electrons. The van der Waals surface area contributed by atoms with Crippen LogP contribution in [0.3, 0.4) is 0 Å². The molecule has 0 bridgehead atoms. The highest BCUT2D eigenvalue weighted by Crippen LogP contribution is 2.29. The van der Waals surface area contributed by atoms with Gasteiger partial charge in [0.2, 0.25) is 5.13 Å². The fraction of sp³-hybridized carbons (Fsp3) is 0.0455. The molecule has 5 rings (SSSR count). The molecule has 2 heterocycles. The molecule has 32 heavy (non-hydrogen) atoms. The lowest BCUT2D eigenvalue weighted by atomic mass is 10.2. The molecule has 3 aromatic carbocycles. The fourth-order valence-electron chi connectivity index (χ4n) is 2.90. The van der Waals surface area contributed by atoms with Gasteiger partial charge in [-0.25, -0.2) is 0 Å². The van der Waals surface area contributed by atoms with E-state index in [2.05, 4.69) is 25.8 Å². The van der Waals surface area contributed by atoms with E-state index < -0.39 is 0 Å². The molecule has 0 saturated heterocycles. The number of para-hydroxylation sites is 1. The van der Waals surface area contributed by atoms with Crippen LogP contribution in [0.4, 0.5) is 10.8 Å². The first-order valence-corrected chi connectivity index (χ1v) is 11.4. The minimum absolute atomic E-state index is 0.177. The van der Waals surface area contributed by atoms with Gasteiger partial charge in [-0.3, -0.25) is 4.79 Å². The quantitative estimate of drug-likeness (QED) is 0.342. The van der Waals surface area contributed by atoms with Gasteiger partial charge in [0.15, 0.2) is 4.34 Å². The van der Waals surface area contributed by atoms with E-state index in [1.54, 1.807) is 12.1 Å². The Morgan fingerprint density at radius 1 is 0.875 bits per heavy atom. The van der Waals surface area contributed by atoms with E-state index >= 15 is 0 Å². The highest BCUT2D eigenvalue weighted by atomic mass is 32.2. The number of rotatable bonds is 7. The van der Waals surface area contributed by atoms with E-state index in [0.717, 1.165) is 21.5 Å². The lowest BCUT2D eigenvalue weighted by Crippen LogP contribution is -2.23. The van der Waals surface area contributed by atoms with Crippen LogP contribution < -0.4 is 15.6 Å². The molecule has 0 unspecified atom stereocenters. The third-order valence-electron chi connectivity index (χ3n) is 4.43. The summed E-state index contributed by atoms with van der Waals surface area (Å²) < 4.78 is 7.85. The third-order valence-corrected chi connectivity index (χ3v) is 6.37. The second-order valence-electron chi connectivity index (χ2n) is 6.62. The molecule has 10 heteroatoms. The number of nitrogens with one attached hydrogen (secondary N) is 1. The molecule has 2 aromatic heterocycles. The van der Waals surface area contributed by atoms with Crippen molar-refractivity contribution in [3.05, 3.63) is 89.2 Å². The van der Waals surface area contributed by atoms with Crippen molar-refractivity contribution in [3.8, 4) is 11.5 Å². The van der Waals surface area contributed by atoms with Crippen LogP contribution in [-0.2, 0) is 5.88 Å². The minimum atomic E-state index is -0.177. The first-order valence-electron chi connectivity index (χ1n) is 9.63. The highest BCUT2D eigenvalue weighted by Gasteiger charge is 2.09. The Balaban J connectivity index is 1.21. The number of benzene rings is 3. The van der Waals surface area contributed by atoms with Gasteiger partial charge in [-0.15, -0.1) is 15.3 Å². The van der Waals surface area contributed by atoms with E-state index in [0.29, 0.717) is 21.9 Å². The molecule has 8 nitrogen and oxygen atoms in total. The summed E-state index contributed by atoms with van der Waals surface area (Å²) in [4.78, 5) is 12.5. The minimum Gasteiger partial charge on any atom is -0.457 e. The summed E-state index contributed by atoms with van der Waals surface area (Å²) in [5.74, 6) is 1.84. The van der Waals surface area contributed by atoms with Crippen molar-refractivity contribution >= 4 is 44.8 Å². The molecular formula is C22H16N6O2S2. The van der Waals surface area contributed by atoms with Crippen molar-refractivity contribution in [2.24, 2.45) is 0 Å². The Kier molecular flexibility index (Phi) is 5.77. The van der Waals surface area contributed by atoms with E-state index in [-0.39, 0.29) is 5.56 Å². The van der Waals surface area contributed by atoms with Crippen LogP contribution in [0.5, 0.6) is 11.5 Å². The Morgan fingerprint density at radius 3 is 2.47 bits per heavy atom. The number of hydrogen-bond acceptors (Lipinski definition) is 9. The average molecular weight is 461 g/mol. The van der Waals surface area contributed by atoms with Crippen LogP contribution in [0.25, 0.3) is 10.9 Å². The van der Waals surface area contributed by atoms with Gasteiger partial charge >= 0.3 is 0 Å². The second-order valence-corrected chi connectivity index (χ2v) is 8.79. The Bertz CT molecular complexity index is 1400. The second kappa shape index (κ2) is 9.16. The van der Waals surface area contributed by atoms with E-state index in [1.165, 1.54) is 27.8 Å². The summed E-state index contributed by atoms with van der Waals surface area (Å²) in [6.45, 7) is 0. The number of anilines is 2. The van der Waals surface area contributed by atoms with Crippen molar-refractivity contribution in [3.63, 3.8) is 0 Å². The number of aromatic nitrogens is 5. The number of nitrogens with zero attached hydrogens (tertiary/aromatic N) is 5. The normalized spacial score (nSPS) is 10.9. The lowest BCUT2D eigenvalue weighted by Gasteiger charge is -2.06. The highest BCUT2D eigenvalue weighted by molar-refractivity contribution is 8.00. The Labute approximate surface area is 190 Å². The molecular weight excluding hydrogens is 444 g/mol. The van der Waals surface area contributed by atoms with E-state index in [1.807, 2.05) is 66.7 Å².